The summed E-state index contributed by atoms with van der Waals surface area (Å²) in [5.41, 5.74) is 0.832. The van der Waals surface area contributed by atoms with Crippen LogP contribution in [0.15, 0.2) is 24.3 Å². The maximum absolute atomic E-state index is 12.5. The molecule has 1 heterocycles. The van der Waals surface area contributed by atoms with E-state index in [9.17, 15) is 4.79 Å². The van der Waals surface area contributed by atoms with Crippen LogP contribution in [0.4, 0.5) is 0 Å². The quantitative estimate of drug-likeness (QED) is 0.716. The van der Waals surface area contributed by atoms with Gasteiger partial charge in [-0.25, -0.2) is 0 Å². The number of halogens is 1. The molecule has 1 aromatic carbocycles. The predicted molar refractivity (Wildman–Crippen MR) is 81.6 cm³/mol. The Bertz CT molecular complexity index is 424. The molecule has 17 heavy (non-hydrogen) atoms. The van der Waals surface area contributed by atoms with Crippen molar-refractivity contribution in [1.82, 2.24) is 4.90 Å². The van der Waals surface area contributed by atoms with E-state index in [0.29, 0.717) is 11.3 Å². The second kappa shape index (κ2) is 5.61. The van der Waals surface area contributed by atoms with E-state index in [1.807, 2.05) is 40.9 Å². The third kappa shape index (κ3) is 2.78. The maximum Gasteiger partial charge on any atom is 0.255 e. The lowest BCUT2D eigenvalue weighted by molar-refractivity contribution is 0.0697. The number of amides is 1. The van der Waals surface area contributed by atoms with E-state index in [-0.39, 0.29) is 5.91 Å². The third-order valence-electron chi connectivity index (χ3n) is 3.25. The number of benzene rings is 1. The smallest absolute Gasteiger partial charge is 0.255 e. The molecule has 0 spiro atoms. The summed E-state index contributed by atoms with van der Waals surface area (Å²) in [5.74, 6) is 1.22. The Morgan fingerprint density at radius 3 is 2.82 bits per heavy atom. The molecule has 1 aromatic rings. The molecule has 0 aromatic heterocycles. The molecule has 0 saturated carbocycles. The lowest BCUT2D eigenvalue weighted by Gasteiger charge is -2.37. The molecule has 1 fully saturated rings. The molecule has 1 aliphatic rings. The van der Waals surface area contributed by atoms with Crippen molar-refractivity contribution in [3.63, 3.8) is 0 Å². The van der Waals surface area contributed by atoms with Crippen LogP contribution in [-0.4, -0.2) is 34.4 Å². The van der Waals surface area contributed by atoms with Crippen molar-refractivity contribution in [2.75, 3.05) is 12.3 Å². The van der Waals surface area contributed by atoms with Crippen LogP contribution in [0.1, 0.15) is 24.2 Å². The average molecular weight is 361 g/mol. The van der Waals surface area contributed by atoms with Gasteiger partial charge >= 0.3 is 0 Å². The van der Waals surface area contributed by atoms with Gasteiger partial charge in [0.2, 0.25) is 0 Å². The van der Waals surface area contributed by atoms with E-state index in [4.69, 9.17) is 0 Å². The average Bonchev–Trinajstić information content (AvgIpc) is 2.32. The fraction of sp³-hybridized carbons (Fsp3) is 0.462. The molecule has 0 N–H and O–H groups in total. The van der Waals surface area contributed by atoms with Crippen molar-refractivity contribution in [1.29, 1.82) is 0 Å². The normalized spacial score (nSPS) is 24.8. The minimum Gasteiger partial charge on any atom is -0.334 e. The van der Waals surface area contributed by atoms with Gasteiger partial charge in [-0.05, 0) is 41.6 Å². The number of hydrogen-bond acceptors (Lipinski definition) is 2. The number of thioether (sulfide) groups is 1. The summed E-state index contributed by atoms with van der Waals surface area (Å²) in [6.45, 7) is 5.20. The maximum atomic E-state index is 12.5. The Labute approximate surface area is 120 Å². The first-order valence-electron chi connectivity index (χ1n) is 5.78. The van der Waals surface area contributed by atoms with Crippen LogP contribution in [0.25, 0.3) is 0 Å². The summed E-state index contributed by atoms with van der Waals surface area (Å²) in [4.78, 5) is 14.5. The molecular weight excluding hydrogens is 345 g/mol. The first-order valence-corrected chi connectivity index (χ1v) is 7.91. The zero-order chi connectivity index (χ0) is 12.4. The van der Waals surface area contributed by atoms with Gasteiger partial charge in [0.15, 0.2) is 0 Å². The highest BCUT2D eigenvalue weighted by atomic mass is 127. The zero-order valence-corrected chi connectivity index (χ0v) is 13.0. The fourth-order valence-corrected chi connectivity index (χ4v) is 3.73. The standard InChI is InChI=1S/C13H16INOS/c1-9-10(2)17-8-7-15(9)13(16)11-5-3-4-6-12(11)14/h3-6,9-10H,7-8H2,1-2H3. The second-order valence-corrected chi connectivity index (χ2v) is 6.94. The predicted octanol–water partition coefficient (Wildman–Crippen LogP) is 3.26. The summed E-state index contributed by atoms with van der Waals surface area (Å²) >= 11 is 4.18. The minimum absolute atomic E-state index is 0.176. The lowest BCUT2D eigenvalue weighted by atomic mass is 10.1. The molecule has 2 atom stereocenters. The first kappa shape index (κ1) is 13.2. The molecule has 1 saturated heterocycles. The van der Waals surface area contributed by atoms with Crippen LogP contribution in [0.2, 0.25) is 0 Å². The van der Waals surface area contributed by atoms with Crippen molar-refractivity contribution in [3.8, 4) is 0 Å². The molecule has 0 aliphatic carbocycles. The topological polar surface area (TPSA) is 20.3 Å². The summed E-state index contributed by atoms with van der Waals surface area (Å²) in [6.07, 6.45) is 0. The van der Waals surface area contributed by atoms with Crippen LogP contribution in [0.3, 0.4) is 0 Å². The van der Waals surface area contributed by atoms with Gasteiger partial charge in [-0.3, -0.25) is 4.79 Å². The fourth-order valence-electron chi connectivity index (χ4n) is 2.01. The van der Waals surface area contributed by atoms with Crippen molar-refractivity contribution in [2.24, 2.45) is 0 Å². The van der Waals surface area contributed by atoms with Crippen molar-refractivity contribution in [3.05, 3.63) is 33.4 Å². The van der Waals surface area contributed by atoms with Gasteiger partial charge in [0.05, 0.1) is 5.56 Å². The van der Waals surface area contributed by atoms with Crippen LogP contribution in [-0.2, 0) is 0 Å². The number of carbonyl (C=O) groups is 1. The highest BCUT2D eigenvalue weighted by Gasteiger charge is 2.29. The Hall–Kier alpha value is -0.230. The van der Waals surface area contributed by atoms with Crippen LogP contribution >= 0.6 is 34.4 Å². The van der Waals surface area contributed by atoms with Gasteiger partial charge < -0.3 is 4.90 Å². The first-order chi connectivity index (χ1) is 8.11. The third-order valence-corrected chi connectivity index (χ3v) is 5.53. The number of carbonyl (C=O) groups excluding carboxylic acids is 1. The SMILES string of the molecule is CC1SCCN(C(=O)c2ccccc2I)C1C. The van der Waals surface area contributed by atoms with E-state index >= 15 is 0 Å². The van der Waals surface area contributed by atoms with Crippen molar-refractivity contribution < 1.29 is 4.79 Å². The molecule has 0 radical (unpaired) electrons. The Morgan fingerprint density at radius 1 is 1.41 bits per heavy atom. The summed E-state index contributed by atoms with van der Waals surface area (Å²) < 4.78 is 1.04. The molecule has 2 rings (SSSR count). The molecule has 1 aliphatic heterocycles. The second-order valence-electron chi connectivity index (χ2n) is 4.29. The zero-order valence-electron chi connectivity index (χ0n) is 10.0. The summed E-state index contributed by atoms with van der Waals surface area (Å²) in [7, 11) is 0. The monoisotopic (exact) mass is 361 g/mol. The highest BCUT2D eigenvalue weighted by molar-refractivity contribution is 14.1. The van der Waals surface area contributed by atoms with Gasteiger partial charge in [-0.15, -0.1) is 0 Å². The van der Waals surface area contributed by atoms with Crippen molar-refractivity contribution >= 4 is 40.3 Å². The van der Waals surface area contributed by atoms with Crippen molar-refractivity contribution in [2.45, 2.75) is 25.1 Å². The van der Waals surface area contributed by atoms with Gasteiger partial charge in [0, 0.05) is 27.2 Å². The highest BCUT2D eigenvalue weighted by Crippen LogP contribution is 2.26. The van der Waals surface area contributed by atoms with E-state index < -0.39 is 0 Å². The summed E-state index contributed by atoms with van der Waals surface area (Å²) in [5, 5.41) is 0.522. The van der Waals surface area contributed by atoms with E-state index in [0.717, 1.165) is 21.4 Å². The molecule has 4 heteroatoms. The van der Waals surface area contributed by atoms with E-state index in [2.05, 4.69) is 36.4 Å². The summed E-state index contributed by atoms with van der Waals surface area (Å²) in [6, 6.07) is 8.13. The molecule has 1 amide bonds. The molecule has 2 nitrogen and oxygen atoms in total. The molecule has 2 unspecified atom stereocenters. The van der Waals surface area contributed by atoms with Gasteiger partial charge in [0.25, 0.3) is 5.91 Å². The molecule has 0 bridgehead atoms. The number of hydrogen-bond donors (Lipinski definition) is 0. The molecular formula is C13H16INOS. The van der Waals surface area contributed by atoms with Gasteiger partial charge in [-0.2, -0.15) is 11.8 Å². The Kier molecular flexibility index (Phi) is 4.36. The minimum atomic E-state index is 0.176. The Balaban J connectivity index is 2.23. The molecule has 92 valence electrons. The van der Waals surface area contributed by atoms with Gasteiger partial charge in [-0.1, -0.05) is 19.1 Å². The van der Waals surface area contributed by atoms with E-state index in [1.165, 1.54) is 0 Å². The Morgan fingerprint density at radius 2 is 2.12 bits per heavy atom. The van der Waals surface area contributed by atoms with E-state index in [1.54, 1.807) is 0 Å². The number of rotatable bonds is 1. The lowest BCUT2D eigenvalue weighted by Crippen LogP contribution is -2.48. The van der Waals surface area contributed by atoms with Crippen LogP contribution in [0, 0.1) is 3.57 Å². The van der Waals surface area contributed by atoms with Crippen LogP contribution in [0.5, 0.6) is 0 Å². The van der Waals surface area contributed by atoms with Crippen LogP contribution < -0.4 is 0 Å². The largest absolute Gasteiger partial charge is 0.334 e. The van der Waals surface area contributed by atoms with Gasteiger partial charge in [0.1, 0.15) is 0 Å². The number of nitrogens with zero attached hydrogens (tertiary/aromatic N) is 1.